The van der Waals surface area contributed by atoms with Crippen LogP contribution in [0.1, 0.15) is 13.8 Å². The maximum absolute atomic E-state index is 11.5. The van der Waals surface area contributed by atoms with E-state index in [0.29, 0.717) is 0 Å². The number of carbonyl (C=O) groups excluding carboxylic acids is 2. The standard InChI is InChI=1S/C10H19O8P/c1-7(9(11)15-3)5-17-19(13,14)18-6-8(2)10(12)16-4/h7-8H,5-6H2,1-4H3,(H,13,14). The molecule has 0 aromatic heterocycles. The van der Waals surface area contributed by atoms with Crippen molar-refractivity contribution in [1.82, 2.24) is 0 Å². The summed E-state index contributed by atoms with van der Waals surface area (Å²) in [6.07, 6.45) is 0. The fraction of sp³-hybridized carbons (Fsp3) is 0.800. The van der Waals surface area contributed by atoms with E-state index in [4.69, 9.17) is 0 Å². The van der Waals surface area contributed by atoms with E-state index in [-0.39, 0.29) is 13.2 Å². The predicted molar refractivity (Wildman–Crippen MR) is 64.1 cm³/mol. The Hall–Kier alpha value is -0.950. The monoisotopic (exact) mass is 298 g/mol. The highest BCUT2D eigenvalue weighted by molar-refractivity contribution is 7.47. The highest BCUT2D eigenvalue weighted by atomic mass is 31.2. The van der Waals surface area contributed by atoms with Gasteiger partial charge in [-0.05, 0) is 13.8 Å². The van der Waals surface area contributed by atoms with Gasteiger partial charge in [0.05, 0.1) is 39.3 Å². The Labute approximate surface area is 111 Å². The molecule has 0 aliphatic carbocycles. The minimum Gasteiger partial charge on any atom is -0.469 e. The molecule has 9 heteroatoms. The van der Waals surface area contributed by atoms with Gasteiger partial charge in [-0.25, -0.2) is 4.57 Å². The normalized spacial score (nSPS) is 17.1. The number of methoxy groups -OCH3 is 2. The van der Waals surface area contributed by atoms with Gasteiger partial charge in [0.25, 0.3) is 0 Å². The number of ether oxygens (including phenoxy) is 2. The van der Waals surface area contributed by atoms with Crippen LogP contribution in [0.25, 0.3) is 0 Å². The zero-order valence-corrected chi connectivity index (χ0v) is 12.2. The number of esters is 2. The minimum atomic E-state index is -4.32. The van der Waals surface area contributed by atoms with Gasteiger partial charge in [0.15, 0.2) is 0 Å². The Morgan fingerprint density at radius 3 is 1.58 bits per heavy atom. The van der Waals surface area contributed by atoms with E-state index in [0.717, 1.165) is 0 Å². The third kappa shape index (κ3) is 7.27. The van der Waals surface area contributed by atoms with Crippen molar-refractivity contribution in [3.8, 4) is 0 Å². The molecule has 2 atom stereocenters. The number of carbonyl (C=O) groups is 2. The van der Waals surface area contributed by atoms with Crippen LogP contribution in [-0.2, 0) is 32.7 Å². The van der Waals surface area contributed by atoms with E-state index in [9.17, 15) is 19.0 Å². The third-order valence-corrected chi connectivity index (χ3v) is 3.13. The Kier molecular flexibility index (Phi) is 7.85. The largest absolute Gasteiger partial charge is 0.472 e. The predicted octanol–water partition coefficient (Wildman–Crippen LogP) is 0.738. The molecule has 2 unspecified atom stereocenters. The van der Waals surface area contributed by atoms with Crippen LogP contribution < -0.4 is 0 Å². The summed E-state index contributed by atoms with van der Waals surface area (Å²) in [5.74, 6) is -2.54. The van der Waals surface area contributed by atoms with Gasteiger partial charge in [0, 0.05) is 0 Å². The van der Waals surface area contributed by atoms with Crippen molar-refractivity contribution in [2.45, 2.75) is 13.8 Å². The van der Waals surface area contributed by atoms with Crippen molar-refractivity contribution < 1.29 is 37.6 Å². The Morgan fingerprint density at radius 2 is 1.32 bits per heavy atom. The molecule has 0 radical (unpaired) electrons. The minimum absolute atomic E-state index is 0.326. The van der Waals surface area contributed by atoms with Gasteiger partial charge in [0.2, 0.25) is 0 Å². The number of hydrogen-bond donors (Lipinski definition) is 1. The number of rotatable bonds is 8. The van der Waals surface area contributed by atoms with Gasteiger partial charge in [-0.3, -0.25) is 18.6 Å². The molecule has 0 fully saturated rings. The van der Waals surface area contributed by atoms with Gasteiger partial charge in [-0.15, -0.1) is 0 Å². The first-order valence-electron chi connectivity index (χ1n) is 5.51. The van der Waals surface area contributed by atoms with E-state index in [1.807, 2.05) is 0 Å². The summed E-state index contributed by atoms with van der Waals surface area (Å²) >= 11 is 0. The molecule has 1 N–H and O–H groups in total. The number of phosphoric acid groups is 1. The van der Waals surface area contributed by atoms with Crippen LogP contribution in [-0.4, -0.2) is 44.3 Å². The Bertz CT molecular complexity index is 325. The van der Waals surface area contributed by atoms with Crippen LogP contribution in [0.15, 0.2) is 0 Å². The summed E-state index contributed by atoms with van der Waals surface area (Å²) in [7, 11) is -1.92. The topological polar surface area (TPSA) is 108 Å². The quantitative estimate of drug-likeness (QED) is 0.516. The van der Waals surface area contributed by atoms with E-state index in [2.05, 4.69) is 18.5 Å². The summed E-state index contributed by atoms with van der Waals surface area (Å²) in [5, 5.41) is 0. The first-order valence-corrected chi connectivity index (χ1v) is 7.00. The lowest BCUT2D eigenvalue weighted by atomic mass is 10.2. The SMILES string of the molecule is COC(=O)C(C)COP(=O)(O)OCC(C)C(=O)OC. The molecule has 112 valence electrons. The zero-order valence-electron chi connectivity index (χ0n) is 11.3. The summed E-state index contributed by atoms with van der Waals surface area (Å²) in [4.78, 5) is 31.4. The van der Waals surface area contributed by atoms with Crippen LogP contribution in [0.4, 0.5) is 0 Å². The highest BCUT2D eigenvalue weighted by Crippen LogP contribution is 2.44. The summed E-state index contributed by atoms with van der Waals surface area (Å²) in [6, 6.07) is 0. The van der Waals surface area contributed by atoms with E-state index in [1.165, 1.54) is 28.1 Å². The highest BCUT2D eigenvalue weighted by Gasteiger charge is 2.27. The van der Waals surface area contributed by atoms with Gasteiger partial charge in [0.1, 0.15) is 0 Å². The lowest BCUT2D eigenvalue weighted by Crippen LogP contribution is -2.20. The first kappa shape index (κ1) is 18.0. The molecule has 0 spiro atoms. The number of hydrogen-bond acceptors (Lipinski definition) is 7. The second-order valence-corrected chi connectivity index (χ2v) is 5.36. The van der Waals surface area contributed by atoms with Crippen LogP contribution in [0.2, 0.25) is 0 Å². The van der Waals surface area contributed by atoms with Crippen molar-refractivity contribution in [3.63, 3.8) is 0 Å². The molecule has 0 aliphatic heterocycles. The lowest BCUT2D eigenvalue weighted by molar-refractivity contribution is -0.146. The second kappa shape index (κ2) is 8.27. The molecule has 19 heavy (non-hydrogen) atoms. The zero-order chi connectivity index (χ0) is 15.1. The maximum atomic E-state index is 11.5. The Morgan fingerprint density at radius 1 is 1.00 bits per heavy atom. The van der Waals surface area contributed by atoms with Gasteiger partial charge in [-0.2, -0.15) is 0 Å². The molecule has 0 aromatic carbocycles. The molecule has 0 bridgehead atoms. The van der Waals surface area contributed by atoms with E-state index in [1.54, 1.807) is 0 Å². The second-order valence-electron chi connectivity index (χ2n) is 3.91. The average molecular weight is 298 g/mol. The summed E-state index contributed by atoms with van der Waals surface area (Å²) in [5.41, 5.74) is 0. The van der Waals surface area contributed by atoms with E-state index < -0.39 is 31.6 Å². The van der Waals surface area contributed by atoms with Crippen molar-refractivity contribution in [3.05, 3.63) is 0 Å². The van der Waals surface area contributed by atoms with Crippen molar-refractivity contribution in [2.75, 3.05) is 27.4 Å². The van der Waals surface area contributed by atoms with E-state index >= 15 is 0 Å². The maximum Gasteiger partial charge on any atom is 0.472 e. The van der Waals surface area contributed by atoms with Gasteiger partial charge in [-0.1, -0.05) is 0 Å². The van der Waals surface area contributed by atoms with Crippen molar-refractivity contribution in [2.24, 2.45) is 11.8 Å². The fourth-order valence-electron chi connectivity index (χ4n) is 0.988. The fourth-order valence-corrected chi connectivity index (χ4v) is 1.89. The Balaban J connectivity index is 4.15. The van der Waals surface area contributed by atoms with Gasteiger partial charge < -0.3 is 14.4 Å². The summed E-state index contributed by atoms with van der Waals surface area (Å²) in [6.45, 7) is 2.30. The number of phosphoric ester groups is 1. The van der Waals surface area contributed by atoms with Crippen LogP contribution in [0.3, 0.4) is 0 Å². The molecule has 0 heterocycles. The van der Waals surface area contributed by atoms with Crippen LogP contribution in [0.5, 0.6) is 0 Å². The first-order chi connectivity index (χ1) is 8.73. The molecular formula is C10H19O8P. The molecule has 0 aromatic rings. The molecule has 0 amide bonds. The molecule has 0 aliphatic rings. The smallest absolute Gasteiger partial charge is 0.469 e. The average Bonchev–Trinajstić information content (AvgIpc) is 2.40. The lowest BCUT2D eigenvalue weighted by Gasteiger charge is -2.16. The molecular weight excluding hydrogens is 279 g/mol. The van der Waals surface area contributed by atoms with Crippen LogP contribution in [0, 0.1) is 11.8 Å². The third-order valence-electron chi connectivity index (χ3n) is 2.18. The molecule has 0 saturated carbocycles. The van der Waals surface area contributed by atoms with Crippen molar-refractivity contribution in [1.29, 1.82) is 0 Å². The summed E-state index contributed by atoms with van der Waals surface area (Å²) < 4.78 is 29.5. The van der Waals surface area contributed by atoms with Crippen LogP contribution >= 0.6 is 7.82 Å². The van der Waals surface area contributed by atoms with Crippen molar-refractivity contribution >= 4 is 19.8 Å². The molecule has 8 nitrogen and oxygen atoms in total. The molecule has 0 rings (SSSR count). The molecule has 0 saturated heterocycles. The van der Waals surface area contributed by atoms with Gasteiger partial charge >= 0.3 is 19.8 Å².